The van der Waals surface area contributed by atoms with Crippen molar-refractivity contribution in [1.29, 1.82) is 0 Å². The Balaban J connectivity index is 1.87. The number of nitrogens with zero attached hydrogens (tertiary/aromatic N) is 2. The van der Waals surface area contributed by atoms with E-state index in [0.717, 1.165) is 27.7 Å². The minimum atomic E-state index is -1.09. The first kappa shape index (κ1) is 18.8. The van der Waals surface area contributed by atoms with Crippen LogP contribution < -0.4 is 0 Å². The standard InChI is InChI=1S/C18H16N2O3S3/c21-16(10-12-6-2-1-3-7-12)20(14(11-24)17(22)23)26-18-19-13-8-4-5-9-15(13)25-18/h1-9,14,24H,10-11H2,(H,22,23)/t14-/m0/s1. The van der Waals surface area contributed by atoms with E-state index in [0.29, 0.717) is 4.34 Å². The molecule has 0 radical (unpaired) electrons. The first-order valence-corrected chi connectivity index (χ1v) is 10.0. The number of rotatable bonds is 7. The SMILES string of the molecule is O=C(O)[C@H](CS)N(Sc1nc2ccccc2s1)C(=O)Cc1ccccc1. The first-order chi connectivity index (χ1) is 12.6. The van der Waals surface area contributed by atoms with Gasteiger partial charge in [0.2, 0.25) is 5.91 Å². The predicted molar refractivity (Wildman–Crippen MR) is 108 cm³/mol. The van der Waals surface area contributed by atoms with Crippen LogP contribution in [0.3, 0.4) is 0 Å². The van der Waals surface area contributed by atoms with E-state index in [2.05, 4.69) is 17.6 Å². The zero-order chi connectivity index (χ0) is 18.5. The van der Waals surface area contributed by atoms with Crippen LogP contribution in [0.1, 0.15) is 5.56 Å². The highest BCUT2D eigenvalue weighted by molar-refractivity contribution is 7.99. The van der Waals surface area contributed by atoms with Gasteiger partial charge in [-0.1, -0.05) is 42.5 Å². The summed E-state index contributed by atoms with van der Waals surface area (Å²) in [5.74, 6) is -1.36. The highest BCUT2D eigenvalue weighted by Gasteiger charge is 2.30. The summed E-state index contributed by atoms with van der Waals surface area (Å²) in [6, 6.07) is 15.9. The van der Waals surface area contributed by atoms with E-state index < -0.39 is 12.0 Å². The molecule has 0 fully saturated rings. The lowest BCUT2D eigenvalue weighted by Crippen LogP contribution is -2.42. The molecule has 1 N–H and O–H groups in total. The first-order valence-electron chi connectivity index (χ1n) is 7.81. The van der Waals surface area contributed by atoms with Crippen molar-refractivity contribution >= 4 is 58.0 Å². The fraction of sp³-hybridized carbons (Fsp3) is 0.167. The van der Waals surface area contributed by atoms with Crippen molar-refractivity contribution in [3.63, 3.8) is 0 Å². The normalized spacial score (nSPS) is 12.0. The Morgan fingerprint density at radius 2 is 1.85 bits per heavy atom. The molecule has 134 valence electrons. The minimum Gasteiger partial charge on any atom is -0.480 e. The van der Waals surface area contributed by atoms with E-state index >= 15 is 0 Å². The van der Waals surface area contributed by atoms with E-state index in [9.17, 15) is 14.7 Å². The Kier molecular flexibility index (Phi) is 6.18. The molecule has 3 aromatic rings. The Morgan fingerprint density at radius 3 is 2.50 bits per heavy atom. The second-order valence-corrected chi connectivity index (χ2v) is 8.07. The van der Waals surface area contributed by atoms with Crippen LogP contribution in [0.15, 0.2) is 58.9 Å². The molecule has 0 unspecified atom stereocenters. The van der Waals surface area contributed by atoms with E-state index in [-0.39, 0.29) is 18.1 Å². The number of thiol groups is 1. The smallest absolute Gasteiger partial charge is 0.328 e. The van der Waals surface area contributed by atoms with Crippen molar-refractivity contribution in [3.05, 3.63) is 60.2 Å². The van der Waals surface area contributed by atoms with Crippen molar-refractivity contribution in [2.24, 2.45) is 0 Å². The summed E-state index contributed by atoms with van der Waals surface area (Å²) in [6.07, 6.45) is 0.121. The largest absolute Gasteiger partial charge is 0.480 e. The molecule has 0 aliphatic carbocycles. The Morgan fingerprint density at radius 1 is 1.15 bits per heavy atom. The predicted octanol–water partition coefficient (Wildman–Crippen LogP) is 3.76. The number of hydrogen-bond donors (Lipinski definition) is 2. The third kappa shape index (κ3) is 4.38. The molecule has 1 aromatic heterocycles. The van der Waals surface area contributed by atoms with Crippen molar-refractivity contribution in [2.75, 3.05) is 5.75 Å². The van der Waals surface area contributed by atoms with Gasteiger partial charge in [0.1, 0.15) is 6.04 Å². The molecule has 5 nitrogen and oxygen atoms in total. The topological polar surface area (TPSA) is 70.5 Å². The number of aromatic nitrogens is 1. The molecule has 0 saturated heterocycles. The Hall–Kier alpha value is -2.03. The molecule has 0 saturated carbocycles. The number of carbonyl (C=O) groups excluding carboxylic acids is 1. The van der Waals surface area contributed by atoms with Gasteiger partial charge in [0.15, 0.2) is 4.34 Å². The number of benzene rings is 2. The van der Waals surface area contributed by atoms with Gasteiger partial charge in [-0.25, -0.2) is 9.78 Å². The average molecular weight is 405 g/mol. The molecule has 3 rings (SSSR count). The van der Waals surface area contributed by atoms with Crippen LogP contribution in [-0.2, 0) is 16.0 Å². The fourth-order valence-electron chi connectivity index (χ4n) is 2.36. The monoisotopic (exact) mass is 404 g/mol. The van der Waals surface area contributed by atoms with Crippen molar-refractivity contribution in [1.82, 2.24) is 9.29 Å². The number of carboxylic acids is 1. The summed E-state index contributed by atoms with van der Waals surface area (Å²) >= 11 is 6.62. The van der Waals surface area contributed by atoms with E-state index in [1.807, 2.05) is 54.6 Å². The van der Waals surface area contributed by atoms with Crippen LogP contribution in [0.2, 0.25) is 0 Å². The molecule has 8 heteroatoms. The molecule has 0 spiro atoms. The zero-order valence-corrected chi connectivity index (χ0v) is 16.1. The highest BCUT2D eigenvalue weighted by atomic mass is 32.2. The summed E-state index contributed by atoms with van der Waals surface area (Å²) in [5, 5.41) is 9.50. The van der Waals surface area contributed by atoms with Gasteiger partial charge >= 0.3 is 5.97 Å². The van der Waals surface area contributed by atoms with Gasteiger partial charge in [0.25, 0.3) is 0 Å². The molecule has 26 heavy (non-hydrogen) atoms. The van der Waals surface area contributed by atoms with Gasteiger partial charge in [-0.3, -0.25) is 9.10 Å². The number of carbonyl (C=O) groups is 2. The maximum atomic E-state index is 12.8. The summed E-state index contributed by atoms with van der Waals surface area (Å²) < 4.78 is 2.89. The average Bonchev–Trinajstić information content (AvgIpc) is 3.04. The van der Waals surface area contributed by atoms with Gasteiger partial charge in [-0.2, -0.15) is 12.6 Å². The van der Waals surface area contributed by atoms with Gasteiger partial charge in [0, 0.05) is 17.7 Å². The van der Waals surface area contributed by atoms with Gasteiger partial charge in [0.05, 0.1) is 16.6 Å². The van der Waals surface area contributed by atoms with Crippen molar-refractivity contribution in [2.45, 2.75) is 16.8 Å². The lowest BCUT2D eigenvalue weighted by Gasteiger charge is -2.25. The molecular formula is C18H16N2O3S3. The lowest BCUT2D eigenvalue weighted by molar-refractivity contribution is -0.144. The third-order valence-electron chi connectivity index (χ3n) is 3.64. The lowest BCUT2D eigenvalue weighted by atomic mass is 10.1. The number of carboxylic acid groups (broad SMARTS) is 1. The number of thiazole rings is 1. The number of para-hydroxylation sites is 1. The molecular weight excluding hydrogens is 388 g/mol. The highest BCUT2D eigenvalue weighted by Crippen LogP contribution is 2.33. The molecule has 0 aliphatic heterocycles. The summed E-state index contributed by atoms with van der Waals surface area (Å²) in [6.45, 7) is 0. The zero-order valence-electron chi connectivity index (χ0n) is 13.6. The molecule has 1 amide bonds. The Labute approximate surface area is 164 Å². The summed E-state index contributed by atoms with van der Waals surface area (Å²) in [7, 11) is 0. The van der Waals surface area contributed by atoms with Gasteiger partial charge in [-0.15, -0.1) is 11.3 Å². The minimum absolute atomic E-state index is 0.0216. The molecule has 1 atom stereocenters. The molecule has 1 heterocycles. The number of hydrogen-bond acceptors (Lipinski definition) is 6. The van der Waals surface area contributed by atoms with Gasteiger partial charge in [-0.05, 0) is 17.7 Å². The third-order valence-corrected chi connectivity index (χ3v) is 6.19. The van der Waals surface area contributed by atoms with Crippen LogP contribution in [0.4, 0.5) is 0 Å². The van der Waals surface area contributed by atoms with Crippen LogP contribution in [0.5, 0.6) is 0 Å². The van der Waals surface area contributed by atoms with Crippen LogP contribution in [0, 0.1) is 0 Å². The van der Waals surface area contributed by atoms with E-state index in [4.69, 9.17) is 0 Å². The second-order valence-electron chi connectivity index (χ2n) is 5.46. The molecule has 0 bridgehead atoms. The van der Waals surface area contributed by atoms with Crippen LogP contribution in [-0.4, -0.2) is 38.1 Å². The van der Waals surface area contributed by atoms with Crippen LogP contribution >= 0.6 is 35.9 Å². The fourth-order valence-corrected chi connectivity index (χ4v) is 4.92. The number of amides is 1. The molecule has 2 aromatic carbocycles. The molecule has 0 aliphatic rings. The van der Waals surface area contributed by atoms with Gasteiger partial charge < -0.3 is 5.11 Å². The van der Waals surface area contributed by atoms with E-state index in [1.54, 1.807) is 0 Å². The maximum Gasteiger partial charge on any atom is 0.328 e. The summed E-state index contributed by atoms with van der Waals surface area (Å²) in [5.41, 5.74) is 1.66. The van der Waals surface area contributed by atoms with Crippen molar-refractivity contribution in [3.8, 4) is 0 Å². The van der Waals surface area contributed by atoms with Crippen LogP contribution in [0.25, 0.3) is 10.2 Å². The maximum absolute atomic E-state index is 12.8. The number of aliphatic carboxylic acids is 1. The van der Waals surface area contributed by atoms with E-state index in [1.165, 1.54) is 15.6 Å². The van der Waals surface area contributed by atoms with Crippen molar-refractivity contribution < 1.29 is 14.7 Å². The summed E-state index contributed by atoms with van der Waals surface area (Å²) in [4.78, 5) is 28.9. The quantitative estimate of drug-likeness (QED) is 0.463. The second kappa shape index (κ2) is 8.57. The number of fused-ring (bicyclic) bond motifs is 1. The Bertz CT molecular complexity index is 881.